The van der Waals surface area contributed by atoms with E-state index in [9.17, 15) is 4.79 Å². The van der Waals surface area contributed by atoms with E-state index in [-0.39, 0.29) is 30.3 Å². The molecule has 0 aromatic carbocycles. The Morgan fingerprint density at radius 3 is 2.44 bits per heavy atom. The Balaban J connectivity index is 2.57. The topological polar surface area (TPSA) is 38.8 Å². The average molecular weight is 257 g/mol. The van der Waals surface area contributed by atoms with Crippen LogP contribution >= 0.6 is 0 Å². The van der Waals surface area contributed by atoms with Crippen LogP contribution in [0.5, 0.6) is 0 Å². The van der Waals surface area contributed by atoms with Crippen LogP contribution in [0.2, 0.25) is 0 Å². The Morgan fingerprint density at radius 2 is 1.94 bits per heavy atom. The molecule has 1 saturated heterocycles. The van der Waals surface area contributed by atoms with Gasteiger partial charge in [0.15, 0.2) is 0 Å². The van der Waals surface area contributed by atoms with Gasteiger partial charge >= 0.3 is 0 Å². The molecule has 0 radical (unpaired) electrons. The van der Waals surface area contributed by atoms with E-state index >= 15 is 0 Å². The van der Waals surface area contributed by atoms with Crippen LogP contribution in [0, 0.1) is 0 Å². The smallest absolute Gasteiger partial charge is 0.222 e. The van der Waals surface area contributed by atoms with Crippen molar-refractivity contribution < 1.29 is 14.3 Å². The molecule has 2 atom stereocenters. The Bertz CT molecular complexity index is 266. The maximum atomic E-state index is 11.9. The highest BCUT2D eigenvalue weighted by Gasteiger charge is 2.35. The summed E-state index contributed by atoms with van der Waals surface area (Å²) in [5, 5.41) is 0. The van der Waals surface area contributed by atoms with Gasteiger partial charge in [0, 0.05) is 13.0 Å². The van der Waals surface area contributed by atoms with E-state index in [1.807, 2.05) is 39.5 Å². The zero-order valence-electron chi connectivity index (χ0n) is 12.3. The van der Waals surface area contributed by atoms with Crippen molar-refractivity contribution in [3.63, 3.8) is 0 Å². The van der Waals surface area contributed by atoms with Gasteiger partial charge in [-0.1, -0.05) is 6.92 Å². The van der Waals surface area contributed by atoms with Crippen molar-refractivity contribution in [1.82, 2.24) is 4.90 Å². The molecule has 4 nitrogen and oxygen atoms in total. The number of carbonyl (C=O) groups excluding carboxylic acids is 1. The fourth-order valence-corrected chi connectivity index (χ4v) is 2.33. The van der Waals surface area contributed by atoms with Gasteiger partial charge < -0.3 is 14.4 Å². The molecule has 1 aliphatic heterocycles. The van der Waals surface area contributed by atoms with Gasteiger partial charge in [0.25, 0.3) is 0 Å². The summed E-state index contributed by atoms with van der Waals surface area (Å²) in [7, 11) is 0. The maximum absolute atomic E-state index is 11.9. The molecular formula is C14H27NO3. The number of rotatable bonds is 6. The summed E-state index contributed by atoms with van der Waals surface area (Å²) in [6, 6.07) is 0.170. The third kappa shape index (κ3) is 4.58. The summed E-state index contributed by atoms with van der Waals surface area (Å²) in [6.07, 6.45) is 2.00. The third-order valence-electron chi connectivity index (χ3n) is 3.09. The molecule has 18 heavy (non-hydrogen) atoms. The van der Waals surface area contributed by atoms with Gasteiger partial charge in [-0.3, -0.25) is 4.79 Å². The molecule has 0 aromatic rings. The van der Waals surface area contributed by atoms with Crippen LogP contribution in [0.3, 0.4) is 0 Å². The lowest BCUT2D eigenvalue weighted by molar-refractivity contribution is -0.133. The highest BCUT2D eigenvalue weighted by Crippen LogP contribution is 2.23. The monoisotopic (exact) mass is 257 g/mol. The minimum absolute atomic E-state index is 0.154. The van der Waals surface area contributed by atoms with Gasteiger partial charge in [-0.05, 0) is 34.1 Å². The predicted octanol–water partition coefficient (Wildman–Crippen LogP) is 2.22. The van der Waals surface area contributed by atoms with E-state index < -0.39 is 0 Å². The number of carbonyl (C=O) groups is 1. The maximum Gasteiger partial charge on any atom is 0.222 e. The first kappa shape index (κ1) is 15.4. The molecule has 1 rings (SSSR count). The summed E-state index contributed by atoms with van der Waals surface area (Å²) < 4.78 is 11.5. The summed E-state index contributed by atoms with van der Waals surface area (Å²) in [4.78, 5) is 13.8. The van der Waals surface area contributed by atoms with E-state index in [4.69, 9.17) is 9.47 Å². The van der Waals surface area contributed by atoms with Gasteiger partial charge in [-0.2, -0.15) is 0 Å². The Kier molecular flexibility index (Phi) is 6.09. The Labute approximate surface area is 111 Å². The van der Waals surface area contributed by atoms with Crippen LogP contribution < -0.4 is 0 Å². The van der Waals surface area contributed by atoms with E-state index in [2.05, 4.69) is 0 Å². The molecule has 0 aliphatic carbocycles. The minimum Gasteiger partial charge on any atom is -0.377 e. The van der Waals surface area contributed by atoms with Crippen LogP contribution in [0.1, 0.15) is 47.5 Å². The standard InChI is InChI=1S/C14H27NO3/c1-6-14(16)15-8-13(18-11(4)5)7-12(15)9-17-10(2)3/h10-13H,6-9H2,1-5H3/t12-,13+/m0/s1. The summed E-state index contributed by atoms with van der Waals surface area (Å²) >= 11 is 0. The van der Waals surface area contributed by atoms with Crippen molar-refractivity contribution in [2.24, 2.45) is 0 Å². The average Bonchev–Trinajstić information content (AvgIpc) is 2.67. The molecule has 0 bridgehead atoms. The lowest BCUT2D eigenvalue weighted by Crippen LogP contribution is -2.38. The molecule has 0 saturated carbocycles. The van der Waals surface area contributed by atoms with E-state index in [1.54, 1.807) is 0 Å². The molecule has 1 aliphatic rings. The normalized spacial score (nSPS) is 24.3. The largest absolute Gasteiger partial charge is 0.377 e. The van der Waals surface area contributed by atoms with Crippen molar-refractivity contribution >= 4 is 5.91 Å². The van der Waals surface area contributed by atoms with Gasteiger partial charge in [-0.25, -0.2) is 0 Å². The number of hydrogen-bond donors (Lipinski definition) is 0. The first-order chi connectivity index (χ1) is 8.43. The van der Waals surface area contributed by atoms with Gasteiger partial charge in [0.1, 0.15) is 0 Å². The minimum atomic E-state index is 0.154. The van der Waals surface area contributed by atoms with Gasteiger partial charge in [-0.15, -0.1) is 0 Å². The SMILES string of the molecule is CCC(=O)N1C[C@H](OC(C)C)C[C@H]1COC(C)C. The molecule has 0 N–H and O–H groups in total. The van der Waals surface area contributed by atoms with Crippen LogP contribution in [-0.4, -0.2) is 48.3 Å². The van der Waals surface area contributed by atoms with Crippen molar-refractivity contribution in [1.29, 1.82) is 0 Å². The van der Waals surface area contributed by atoms with E-state index in [0.717, 1.165) is 6.42 Å². The fraction of sp³-hybridized carbons (Fsp3) is 0.929. The first-order valence-corrected chi connectivity index (χ1v) is 7.00. The highest BCUT2D eigenvalue weighted by atomic mass is 16.5. The lowest BCUT2D eigenvalue weighted by Gasteiger charge is -2.24. The Hall–Kier alpha value is -0.610. The van der Waals surface area contributed by atoms with Crippen LogP contribution in [0.15, 0.2) is 0 Å². The van der Waals surface area contributed by atoms with Gasteiger partial charge in [0.05, 0.1) is 31.0 Å². The third-order valence-corrected chi connectivity index (χ3v) is 3.09. The molecule has 1 fully saturated rings. The van der Waals surface area contributed by atoms with Crippen molar-refractivity contribution in [2.45, 2.75) is 71.8 Å². The molecule has 1 heterocycles. The number of ether oxygens (including phenoxy) is 2. The summed E-state index contributed by atoms with van der Waals surface area (Å²) in [5.41, 5.74) is 0. The summed E-state index contributed by atoms with van der Waals surface area (Å²) in [5.74, 6) is 0.196. The number of hydrogen-bond acceptors (Lipinski definition) is 3. The second-order valence-corrected chi connectivity index (χ2v) is 5.48. The number of amides is 1. The molecular weight excluding hydrogens is 230 g/mol. The fourth-order valence-electron chi connectivity index (χ4n) is 2.33. The van der Waals surface area contributed by atoms with E-state index in [0.29, 0.717) is 19.6 Å². The molecule has 0 aromatic heterocycles. The first-order valence-electron chi connectivity index (χ1n) is 7.00. The predicted molar refractivity (Wildman–Crippen MR) is 71.5 cm³/mol. The van der Waals surface area contributed by atoms with Crippen molar-refractivity contribution in [3.05, 3.63) is 0 Å². The highest BCUT2D eigenvalue weighted by molar-refractivity contribution is 5.76. The molecule has 4 heteroatoms. The Morgan fingerprint density at radius 1 is 1.28 bits per heavy atom. The van der Waals surface area contributed by atoms with Crippen molar-refractivity contribution in [3.8, 4) is 0 Å². The lowest BCUT2D eigenvalue weighted by atomic mass is 10.2. The molecule has 0 spiro atoms. The van der Waals surface area contributed by atoms with Gasteiger partial charge in [0.2, 0.25) is 5.91 Å². The van der Waals surface area contributed by atoms with Crippen LogP contribution in [0.4, 0.5) is 0 Å². The van der Waals surface area contributed by atoms with Crippen LogP contribution in [0.25, 0.3) is 0 Å². The molecule has 0 unspecified atom stereocenters. The molecule has 106 valence electrons. The number of nitrogens with zero attached hydrogens (tertiary/aromatic N) is 1. The molecule has 1 amide bonds. The van der Waals surface area contributed by atoms with E-state index in [1.165, 1.54) is 0 Å². The second kappa shape index (κ2) is 7.10. The number of likely N-dealkylation sites (tertiary alicyclic amines) is 1. The quantitative estimate of drug-likeness (QED) is 0.732. The summed E-state index contributed by atoms with van der Waals surface area (Å²) in [6.45, 7) is 11.3. The van der Waals surface area contributed by atoms with Crippen molar-refractivity contribution in [2.75, 3.05) is 13.2 Å². The zero-order chi connectivity index (χ0) is 13.7. The van der Waals surface area contributed by atoms with Crippen LogP contribution in [-0.2, 0) is 14.3 Å². The zero-order valence-corrected chi connectivity index (χ0v) is 12.3. The second-order valence-electron chi connectivity index (χ2n) is 5.48.